The van der Waals surface area contributed by atoms with Crippen molar-refractivity contribution in [3.05, 3.63) is 70.1 Å². The molecule has 4 rings (SSSR count). The lowest BCUT2D eigenvalue weighted by atomic mass is 10.0. The predicted molar refractivity (Wildman–Crippen MR) is 104 cm³/mol. The quantitative estimate of drug-likeness (QED) is 0.629. The van der Waals surface area contributed by atoms with Crippen LogP contribution in [0.1, 0.15) is 27.9 Å². The maximum Gasteiger partial charge on any atom is 0.259 e. The van der Waals surface area contributed by atoms with Gasteiger partial charge >= 0.3 is 0 Å². The van der Waals surface area contributed by atoms with Crippen LogP contribution < -0.4 is 10.6 Å². The lowest BCUT2D eigenvalue weighted by Crippen LogP contribution is -2.20. The molecule has 3 aromatic rings. The van der Waals surface area contributed by atoms with Crippen molar-refractivity contribution >= 4 is 29.1 Å². The number of rotatable bonds is 3. The minimum atomic E-state index is -0.534. The highest BCUT2D eigenvalue weighted by Gasteiger charge is 2.18. The number of H-pyrrole nitrogens is 1. The normalized spacial score (nSPS) is 13.4. The lowest BCUT2D eigenvalue weighted by Gasteiger charge is -2.10. The Balaban J connectivity index is 1.58. The van der Waals surface area contributed by atoms with Crippen molar-refractivity contribution < 1.29 is 14.0 Å². The highest BCUT2D eigenvalue weighted by Crippen LogP contribution is 2.27. The molecular weight excluding hydrogens is 383 g/mol. The van der Waals surface area contributed by atoms with Gasteiger partial charge in [0.2, 0.25) is 5.91 Å². The third kappa shape index (κ3) is 3.61. The van der Waals surface area contributed by atoms with Gasteiger partial charge in [-0.15, -0.1) is 0 Å². The van der Waals surface area contributed by atoms with Gasteiger partial charge < -0.3 is 10.6 Å². The van der Waals surface area contributed by atoms with Crippen LogP contribution in [0, 0.1) is 5.82 Å². The third-order valence-corrected chi connectivity index (χ3v) is 4.94. The van der Waals surface area contributed by atoms with E-state index in [1.165, 1.54) is 24.4 Å². The Hall–Kier alpha value is -3.19. The number of aromatic nitrogens is 2. The van der Waals surface area contributed by atoms with E-state index in [0.29, 0.717) is 41.9 Å². The summed E-state index contributed by atoms with van der Waals surface area (Å²) in [6.45, 7) is 0.433. The molecule has 1 aliphatic heterocycles. The highest BCUT2D eigenvalue weighted by molar-refractivity contribution is 6.31. The summed E-state index contributed by atoms with van der Waals surface area (Å²) in [4.78, 5) is 24.3. The summed E-state index contributed by atoms with van der Waals surface area (Å²) >= 11 is 5.84. The number of benzene rings is 2. The number of carbonyl (C=O) groups is 2. The summed E-state index contributed by atoms with van der Waals surface area (Å²) in [5.74, 6) is -0.877. The molecule has 0 bridgehead atoms. The van der Waals surface area contributed by atoms with Crippen molar-refractivity contribution in [2.75, 3.05) is 5.32 Å². The zero-order chi connectivity index (χ0) is 19.7. The van der Waals surface area contributed by atoms with Crippen LogP contribution in [0.25, 0.3) is 11.3 Å². The molecule has 0 radical (unpaired) electrons. The average Bonchev–Trinajstić information content (AvgIpc) is 3.10. The van der Waals surface area contributed by atoms with E-state index in [-0.39, 0.29) is 16.8 Å². The number of anilines is 1. The zero-order valence-electron chi connectivity index (χ0n) is 14.7. The van der Waals surface area contributed by atoms with Gasteiger partial charge in [-0.05, 0) is 47.9 Å². The van der Waals surface area contributed by atoms with E-state index in [1.807, 2.05) is 12.1 Å². The topological polar surface area (TPSA) is 86.9 Å². The molecule has 0 atom stereocenters. The maximum atomic E-state index is 13.4. The van der Waals surface area contributed by atoms with Crippen molar-refractivity contribution in [3.63, 3.8) is 0 Å². The molecule has 0 fully saturated rings. The van der Waals surface area contributed by atoms with Crippen molar-refractivity contribution in [3.8, 4) is 11.3 Å². The zero-order valence-corrected chi connectivity index (χ0v) is 15.4. The number of nitrogens with zero attached hydrogens (tertiary/aromatic N) is 1. The van der Waals surface area contributed by atoms with Crippen LogP contribution >= 0.6 is 11.6 Å². The molecule has 0 unspecified atom stereocenters. The van der Waals surface area contributed by atoms with Gasteiger partial charge in [0.05, 0.1) is 22.5 Å². The first kappa shape index (κ1) is 18.2. The first-order valence-corrected chi connectivity index (χ1v) is 9.07. The molecule has 8 heteroatoms. The summed E-state index contributed by atoms with van der Waals surface area (Å²) in [5.41, 5.74) is 3.98. The summed E-state index contributed by atoms with van der Waals surface area (Å²) in [5, 5.41) is 12.3. The second kappa shape index (κ2) is 7.44. The summed E-state index contributed by atoms with van der Waals surface area (Å²) in [6.07, 6.45) is 2.54. The molecule has 0 saturated carbocycles. The smallest absolute Gasteiger partial charge is 0.259 e. The SMILES string of the molecule is O=C1CCc2ccc(NC(=O)c3cn[nH]c3-c3ccc(F)c(Cl)c3)cc2CN1. The molecule has 2 heterocycles. The van der Waals surface area contributed by atoms with Gasteiger partial charge in [0.25, 0.3) is 5.91 Å². The number of aryl methyl sites for hydroxylation is 1. The number of aromatic amines is 1. The van der Waals surface area contributed by atoms with Gasteiger partial charge in [-0.1, -0.05) is 17.7 Å². The average molecular weight is 399 g/mol. The fourth-order valence-electron chi connectivity index (χ4n) is 3.17. The van der Waals surface area contributed by atoms with Crippen LogP contribution in [0.5, 0.6) is 0 Å². The van der Waals surface area contributed by atoms with Gasteiger partial charge in [-0.25, -0.2) is 4.39 Å². The largest absolute Gasteiger partial charge is 0.352 e. The number of fused-ring (bicyclic) bond motifs is 1. The Bertz CT molecular complexity index is 1080. The Morgan fingerprint density at radius 2 is 2.00 bits per heavy atom. The number of hydrogen-bond acceptors (Lipinski definition) is 3. The molecule has 2 amide bonds. The molecule has 0 saturated heterocycles. The van der Waals surface area contributed by atoms with Crippen molar-refractivity contribution in [1.82, 2.24) is 15.5 Å². The summed E-state index contributed by atoms with van der Waals surface area (Å²) in [7, 11) is 0. The van der Waals surface area contributed by atoms with Gasteiger partial charge in [0.1, 0.15) is 5.82 Å². The highest BCUT2D eigenvalue weighted by atomic mass is 35.5. The minimum Gasteiger partial charge on any atom is -0.352 e. The number of hydrogen-bond donors (Lipinski definition) is 3. The fraction of sp³-hybridized carbons (Fsp3) is 0.150. The molecule has 0 aliphatic carbocycles. The monoisotopic (exact) mass is 398 g/mol. The van der Waals surface area contributed by atoms with E-state index in [0.717, 1.165) is 11.1 Å². The third-order valence-electron chi connectivity index (χ3n) is 4.65. The van der Waals surface area contributed by atoms with E-state index in [4.69, 9.17) is 11.6 Å². The standard InChI is InChI=1S/C20H16ClFN4O2/c21-16-8-12(2-5-17(16)22)19-15(10-24-26-19)20(28)25-14-4-1-11-3-6-18(27)23-9-13(11)7-14/h1-2,4-5,7-8,10H,3,6,9H2,(H,23,27)(H,24,26)(H,25,28). The number of halogens is 2. The summed E-state index contributed by atoms with van der Waals surface area (Å²) < 4.78 is 13.4. The van der Waals surface area contributed by atoms with Crippen molar-refractivity contribution in [2.24, 2.45) is 0 Å². The number of carbonyl (C=O) groups excluding carboxylic acids is 2. The number of amides is 2. The van der Waals surface area contributed by atoms with Crippen LogP contribution in [-0.2, 0) is 17.8 Å². The Kier molecular flexibility index (Phi) is 4.83. The Labute approximate surface area is 165 Å². The maximum absolute atomic E-state index is 13.4. The van der Waals surface area contributed by atoms with E-state index < -0.39 is 5.82 Å². The molecular formula is C20H16ClFN4O2. The summed E-state index contributed by atoms with van der Waals surface area (Å²) in [6, 6.07) is 9.78. The molecule has 1 aromatic heterocycles. The van der Waals surface area contributed by atoms with Gasteiger partial charge in [-0.3, -0.25) is 14.7 Å². The van der Waals surface area contributed by atoms with E-state index >= 15 is 0 Å². The molecule has 142 valence electrons. The van der Waals surface area contributed by atoms with E-state index in [1.54, 1.807) is 6.07 Å². The molecule has 28 heavy (non-hydrogen) atoms. The molecule has 1 aliphatic rings. The van der Waals surface area contributed by atoms with Gasteiger partial charge in [0.15, 0.2) is 0 Å². The second-order valence-electron chi connectivity index (χ2n) is 6.50. The van der Waals surface area contributed by atoms with Crippen LogP contribution in [-0.4, -0.2) is 22.0 Å². The second-order valence-corrected chi connectivity index (χ2v) is 6.91. The molecule has 6 nitrogen and oxygen atoms in total. The fourth-order valence-corrected chi connectivity index (χ4v) is 3.35. The van der Waals surface area contributed by atoms with E-state index in [9.17, 15) is 14.0 Å². The number of nitrogens with one attached hydrogen (secondary N) is 3. The van der Waals surface area contributed by atoms with Crippen LogP contribution in [0.15, 0.2) is 42.6 Å². The van der Waals surface area contributed by atoms with E-state index in [2.05, 4.69) is 20.8 Å². The van der Waals surface area contributed by atoms with Gasteiger partial charge in [-0.2, -0.15) is 5.10 Å². The first-order chi connectivity index (χ1) is 13.5. The van der Waals surface area contributed by atoms with Crippen molar-refractivity contribution in [2.45, 2.75) is 19.4 Å². The lowest BCUT2D eigenvalue weighted by molar-refractivity contribution is -0.121. The Morgan fingerprint density at radius 3 is 2.82 bits per heavy atom. The van der Waals surface area contributed by atoms with Crippen LogP contribution in [0.4, 0.5) is 10.1 Å². The molecule has 0 spiro atoms. The van der Waals surface area contributed by atoms with Crippen LogP contribution in [0.3, 0.4) is 0 Å². The van der Waals surface area contributed by atoms with Crippen LogP contribution in [0.2, 0.25) is 5.02 Å². The first-order valence-electron chi connectivity index (χ1n) is 8.70. The molecule has 2 aromatic carbocycles. The van der Waals surface area contributed by atoms with Gasteiger partial charge in [0, 0.05) is 24.2 Å². The van der Waals surface area contributed by atoms with Crippen molar-refractivity contribution in [1.29, 1.82) is 0 Å². The molecule has 3 N–H and O–H groups in total. The predicted octanol–water partition coefficient (Wildman–Crippen LogP) is 3.68. The Morgan fingerprint density at radius 1 is 1.14 bits per heavy atom. The minimum absolute atomic E-state index is 0.0165.